The first-order valence-corrected chi connectivity index (χ1v) is 9.79. The molecule has 2 fully saturated rings. The normalized spacial score (nSPS) is 23.2. The Bertz CT molecular complexity index is 1030. The summed E-state index contributed by atoms with van der Waals surface area (Å²) in [5, 5.41) is 10.7. The van der Waals surface area contributed by atoms with Crippen LogP contribution in [0.4, 0.5) is 11.4 Å². The highest BCUT2D eigenvalue weighted by atomic mass is 16.6. The zero-order chi connectivity index (χ0) is 21.4. The maximum atomic E-state index is 12.9. The van der Waals surface area contributed by atoms with Gasteiger partial charge in [-0.05, 0) is 55.5 Å². The van der Waals surface area contributed by atoms with Gasteiger partial charge >= 0.3 is 5.97 Å². The fourth-order valence-electron chi connectivity index (χ4n) is 4.22. The van der Waals surface area contributed by atoms with Crippen molar-refractivity contribution in [2.24, 2.45) is 17.8 Å². The standard InChI is InChI=1S/C22H20N2O6/c1-13-5-10-18-19(11-13)21(26)23(20(18)25)16-4-2-3-14(12-16)22(27)30-17-8-6-15(7-9-17)24(28)29/h2-4,6-9,12-13,18-19H,5,10-11H2,1H3/t13-,18+,19+/m0/s1. The summed E-state index contributed by atoms with van der Waals surface area (Å²) in [5.74, 6) is -1.12. The average molecular weight is 408 g/mol. The van der Waals surface area contributed by atoms with E-state index < -0.39 is 10.9 Å². The lowest BCUT2D eigenvalue weighted by Crippen LogP contribution is -2.31. The number of esters is 1. The minimum absolute atomic E-state index is 0.112. The number of nitro benzene ring substituents is 1. The van der Waals surface area contributed by atoms with E-state index in [0.717, 1.165) is 6.42 Å². The van der Waals surface area contributed by atoms with E-state index in [4.69, 9.17) is 4.74 Å². The molecule has 0 spiro atoms. The number of amides is 2. The van der Waals surface area contributed by atoms with E-state index in [1.165, 1.54) is 41.3 Å². The van der Waals surface area contributed by atoms with Gasteiger partial charge in [-0.1, -0.05) is 13.0 Å². The largest absolute Gasteiger partial charge is 0.423 e. The van der Waals surface area contributed by atoms with Gasteiger partial charge in [-0.15, -0.1) is 0 Å². The van der Waals surface area contributed by atoms with Crippen LogP contribution in [0.15, 0.2) is 48.5 Å². The Kier molecular flexibility index (Phi) is 5.07. The number of carbonyl (C=O) groups is 3. The number of rotatable bonds is 4. The van der Waals surface area contributed by atoms with Crippen molar-refractivity contribution in [2.75, 3.05) is 4.90 Å². The van der Waals surface area contributed by atoms with Crippen molar-refractivity contribution in [2.45, 2.75) is 26.2 Å². The van der Waals surface area contributed by atoms with Gasteiger partial charge in [-0.2, -0.15) is 0 Å². The third kappa shape index (κ3) is 3.56. The quantitative estimate of drug-likeness (QED) is 0.251. The van der Waals surface area contributed by atoms with Crippen LogP contribution in [0.5, 0.6) is 5.75 Å². The molecule has 1 aliphatic carbocycles. The first-order valence-electron chi connectivity index (χ1n) is 9.79. The second-order valence-electron chi connectivity index (χ2n) is 7.83. The van der Waals surface area contributed by atoms with E-state index in [9.17, 15) is 24.5 Å². The molecule has 0 radical (unpaired) electrons. The van der Waals surface area contributed by atoms with Crippen molar-refractivity contribution >= 4 is 29.2 Å². The van der Waals surface area contributed by atoms with E-state index in [1.54, 1.807) is 12.1 Å². The summed E-state index contributed by atoms with van der Waals surface area (Å²) in [7, 11) is 0. The number of carbonyl (C=O) groups excluding carboxylic acids is 3. The molecule has 4 rings (SSSR count). The summed E-state index contributed by atoms with van der Waals surface area (Å²) >= 11 is 0. The topological polar surface area (TPSA) is 107 Å². The van der Waals surface area contributed by atoms with Crippen LogP contribution in [0, 0.1) is 27.9 Å². The van der Waals surface area contributed by atoms with Crippen LogP contribution in [0.25, 0.3) is 0 Å². The molecule has 1 heterocycles. The smallest absolute Gasteiger partial charge is 0.343 e. The van der Waals surface area contributed by atoms with Gasteiger partial charge in [0.1, 0.15) is 5.75 Å². The Labute approximate surface area is 172 Å². The Morgan fingerprint density at radius 3 is 2.47 bits per heavy atom. The average Bonchev–Trinajstić information content (AvgIpc) is 2.98. The highest BCUT2D eigenvalue weighted by molar-refractivity contribution is 6.22. The predicted octanol–water partition coefficient (Wildman–Crippen LogP) is 3.74. The molecule has 0 bridgehead atoms. The first kappa shape index (κ1) is 19.8. The fraction of sp³-hybridized carbons (Fsp3) is 0.318. The third-order valence-corrected chi connectivity index (χ3v) is 5.79. The minimum atomic E-state index is -0.684. The molecule has 1 aliphatic heterocycles. The van der Waals surface area contributed by atoms with Crippen molar-refractivity contribution in [3.63, 3.8) is 0 Å². The lowest BCUT2D eigenvalue weighted by molar-refractivity contribution is -0.384. The molecular weight excluding hydrogens is 388 g/mol. The molecule has 2 aliphatic rings. The minimum Gasteiger partial charge on any atom is -0.423 e. The van der Waals surface area contributed by atoms with Crippen LogP contribution in [0.3, 0.4) is 0 Å². The molecule has 30 heavy (non-hydrogen) atoms. The molecule has 0 unspecified atom stereocenters. The summed E-state index contributed by atoms with van der Waals surface area (Å²) in [6.07, 6.45) is 2.33. The molecular formula is C22H20N2O6. The van der Waals surface area contributed by atoms with Crippen LogP contribution in [0.2, 0.25) is 0 Å². The number of imide groups is 1. The summed E-state index contributed by atoms with van der Waals surface area (Å²) < 4.78 is 5.27. The number of ether oxygens (including phenoxy) is 1. The van der Waals surface area contributed by atoms with Crippen LogP contribution in [-0.2, 0) is 9.59 Å². The van der Waals surface area contributed by atoms with Gasteiger partial charge in [0.05, 0.1) is 28.0 Å². The Hall–Kier alpha value is -3.55. The van der Waals surface area contributed by atoms with E-state index in [1.807, 2.05) is 0 Å². The van der Waals surface area contributed by atoms with Gasteiger partial charge in [0.2, 0.25) is 11.8 Å². The summed E-state index contributed by atoms with van der Waals surface area (Å²) in [5.41, 5.74) is 0.415. The van der Waals surface area contributed by atoms with Gasteiger partial charge in [0.15, 0.2) is 0 Å². The van der Waals surface area contributed by atoms with Crippen LogP contribution in [0.1, 0.15) is 36.5 Å². The van der Waals surface area contributed by atoms with Gasteiger partial charge in [0, 0.05) is 12.1 Å². The number of benzene rings is 2. The molecule has 3 atom stereocenters. The molecule has 0 aromatic heterocycles. The molecule has 1 saturated heterocycles. The second-order valence-corrected chi connectivity index (χ2v) is 7.83. The highest BCUT2D eigenvalue weighted by Crippen LogP contribution is 2.42. The van der Waals surface area contributed by atoms with Gasteiger partial charge in [0.25, 0.3) is 5.69 Å². The van der Waals surface area contributed by atoms with Crippen molar-refractivity contribution in [3.8, 4) is 5.75 Å². The SMILES string of the molecule is C[C@H]1CC[C@H]2C(=O)N(c3cccc(C(=O)Oc4ccc([N+](=O)[O-])cc4)c3)C(=O)[C@@H]2C1. The predicted molar refractivity (Wildman–Crippen MR) is 107 cm³/mol. The van der Waals surface area contributed by atoms with E-state index in [2.05, 4.69) is 6.92 Å². The maximum Gasteiger partial charge on any atom is 0.343 e. The Morgan fingerprint density at radius 1 is 1.07 bits per heavy atom. The first-order chi connectivity index (χ1) is 14.3. The van der Waals surface area contributed by atoms with Crippen molar-refractivity contribution < 1.29 is 24.0 Å². The second kappa shape index (κ2) is 7.70. The van der Waals surface area contributed by atoms with Crippen LogP contribution in [-0.4, -0.2) is 22.7 Å². The number of hydrogen-bond donors (Lipinski definition) is 0. The summed E-state index contributed by atoms with van der Waals surface area (Å²) in [4.78, 5) is 49.6. The third-order valence-electron chi connectivity index (χ3n) is 5.79. The zero-order valence-corrected chi connectivity index (χ0v) is 16.3. The lowest BCUT2D eigenvalue weighted by atomic mass is 9.76. The molecule has 1 saturated carbocycles. The molecule has 2 aromatic carbocycles. The van der Waals surface area contributed by atoms with Crippen LogP contribution < -0.4 is 9.64 Å². The molecule has 2 amide bonds. The number of hydrogen-bond acceptors (Lipinski definition) is 6. The van der Waals surface area contributed by atoms with E-state index >= 15 is 0 Å². The Balaban J connectivity index is 1.54. The molecule has 0 N–H and O–H groups in total. The van der Waals surface area contributed by atoms with Crippen molar-refractivity contribution in [3.05, 3.63) is 64.2 Å². The number of fused-ring (bicyclic) bond motifs is 1. The number of non-ortho nitro benzene ring substituents is 1. The molecule has 8 heteroatoms. The van der Waals surface area contributed by atoms with Crippen molar-refractivity contribution in [1.82, 2.24) is 0 Å². The highest BCUT2D eigenvalue weighted by Gasteiger charge is 2.50. The number of anilines is 1. The lowest BCUT2D eigenvalue weighted by Gasteiger charge is -2.25. The van der Waals surface area contributed by atoms with Crippen molar-refractivity contribution in [1.29, 1.82) is 0 Å². The zero-order valence-electron chi connectivity index (χ0n) is 16.3. The van der Waals surface area contributed by atoms with E-state index in [0.29, 0.717) is 24.4 Å². The number of nitrogens with zero attached hydrogens (tertiary/aromatic N) is 2. The maximum absolute atomic E-state index is 12.9. The van der Waals surface area contributed by atoms with Gasteiger partial charge in [-0.3, -0.25) is 24.6 Å². The number of nitro groups is 1. The molecule has 154 valence electrons. The van der Waals surface area contributed by atoms with Crippen LogP contribution >= 0.6 is 0 Å². The van der Waals surface area contributed by atoms with Gasteiger partial charge < -0.3 is 4.74 Å². The Morgan fingerprint density at radius 2 is 1.77 bits per heavy atom. The monoisotopic (exact) mass is 408 g/mol. The van der Waals surface area contributed by atoms with Gasteiger partial charge in [-0.25, -0.2) is 4.79 Å². The summed E-state index contributed by atoms with van der Waals surface area (Å²) in [6.45, 7) is 2.09. The van der Waals surface area contributed by atoms with E-state index in [-0.39, 0.29) is 40.7 Å². The fourth-order valence-corrected chi connectivity index (χ4v) is 4.22. The molecule has 8 nitrogen and oxygen atoms in total. The summed E-state index contributed by atoms with van der Waals surface area (Å²) in [6, 6.07) is 11.3. The molecule has 2 aromatic rings.